The fourth-order valence-electron chi connectivity index (χ4n) is 3.74. The highest BCUT2D eigenvalue weighted by atomic mass is 35.5. The van der Waals surface area contributed by atoms with Crippen LogP contribution in [0.25, 0.3) is 0 Å². The molecule has 0 saturated carbocycles. The molecule has 0 aliphatic heterocycles. The Hall–Kier alpha value is -3.94. The van der Waals surface area contributed by atoms with E-state index in [1.165, 1.54) is 18.9 Å². The van der Waals surface area contributed by atoms with E-state index in [1.54, 1.807) is 37.4 Å². The topological polar surface area (TPSA) is 76.7 Å². The Balaban J connectivity index is 1.54. The van der Waals surface area contributed by atoms with Crippen LogP contribution in [0.1, 0.15) is 26.7 Å². The lowest BCUT2D eigenvalue weighted by Crippen LogP contribution is -2.19. The lowest BCUT2D eigenvalue weighted by molar-refractivity contribution is -0.115. The number of hydrogen-bond donors (Lipinski definition) is 2. The summed E-state index contributed by atoms with van der Waals surface area (Å²) < 4.78 is 10.6. The summed E-state index contributed by atoms with van der Waals surface area (Å²) in [5, 5.41) is 5.95. The zero-order chi connectivity index (χ0) is 27.1. The minimum Gasteiger partial charge on any atom is -0.493 e. The Kier molecular flexibility index (Phi) is 8.94. The van der Waals surface area contributed by atoms with Gasteiger partial charge in [0.2, 0.25) is 5.91 Å². The molecular formula is C30H27ClN2O4S. The molecule has 0 aromatic heterocycles. The van der Waals surface area contributed by atoms with E-state index in [-0.39, 0.29) is 11.8 Å². The molecule has 4 rings (SSSR count). The van der Waals surface area contributed by atoms with Crippen molar-refractivity contribution in [3.05, 3.63) is 113 Å². The van der Waals surface area contributed by atoms with Crippen molar-refractivity contribution >= 4 is 46.6 Å². The molecule has 6 nitrogen and oxygen atoms in total. The lowest BCUT2D eigenvalue weighted by atomic mass is 10.1. The number of carbonyl (C=O) groups excluding carboxylic acids is 2. The standard InChI is InChI=1S/C30H27ClN2O4S/c1-19-12-14-23(18-25(19)31)33-30(35)28(20-8-5-4-6-9-20)38-24-11-7-10-22(17-24)32-29(34)21-13-15-26(36-2)27(16-21)37-3/h4-18,28H,1-3H3,(H,32,34)(H,33,35). The lowest BCUT2D eigenvalue weighted by Gasteiger charge is -2.18. The molecule has 0 spiro atoms. The fraction of sp³-hybridized carbons (Fsp3) is 0.133. The molecule has 1 atom stereocenters. The average molecular weight is 547 g/mol. The fourth-order valence-corrected chi connectivity index (χ4v) is 5.01. The van der Waals surface area contributed by atoms with Crippen molar-refractivity contribution < 1.29 is 19.1 Å². The number of anilines is 2. The number of ether oxygens (including phenoxy) is 2. The molecule has 0 saturated heterocycles. The highest BCUT2D eigenvalue weighted by molar-refractivity contribution is 8.00. The van der Waals surface area contributed by atoms with Crippen molar-refractivity contribution in [2.75, 3.05) is 24.9 Å². The van der Waals surface area contributed by atoms with Crippen LogP contribution in [0, 0.1) is 6.92 Å². The van der Waals surface area contributed by atoms with Gasteiger partial charge in [0, 0.05) is 26.9 Å². The van der Waals surface area contributed by atoms with Crippen LogP contribution in [0.3, 0.4) is 0 Å². The van der Waals surface area contributed by atoms with Gasteiger partial charge >= 0.3 is 0 Å². The van der Waals surface area contributed by atoms with Crippen LogP contribution in [0.2, 0.25) is 5.02 Å². The predicted molar refractivity (Wildman–Crippen MR) is 154 cm³/mol. The minimum absolute atomic E-state index is 0.180. The molecule has 0 bridgehead atoms. The van der Waals surface area contributed by atoms with Crippen LogP contribution in [0.4, 0.5) is 11.4 Å². The second kappa shape index (κ2) is 12.5. The predicted octanol–water partition coefficient (Wildman–Crippen LogP) is 7.39. The summed E-state index contributed by atoms with van der Waals surface area (Å²) in [6.45, 7) is 1.91. The molecule has 0 aliphatic carbocycles. The number of hydrogen-bond acceptors (Lipinski definition) is 5. The van der Waals surface area contributed by atoms with E-state index in [1.807, 2.05) is 67.6 Å². The van der Waals surface area contributed by atoms with Crippen LogP contribution in [0.5, 0.6) is 11.5 Å². The van der Waals surface area contributed by atoms with E-state index >= 15 is 0 Å². The van der Waals surface area contributed by atoms with Crippen molar-refractivity contribution in [2.24, 2.45) is 0 Å². The summed E-state index contributed by atoms with van der Waals surface area (Å²) in [4.78, 5) is 27.1. The Morgan fingerprint density at radius 3 is 2.24 bits per heavy atom. The Bertz CT molecular complexity index is 1450. The van der Waals surface area contributed by atoms with Crippen molar-refractivity contribution in [1.29, 1.82) is 0 Å². The number of methoxy groups -OCH3 is 2. The molecule has 0 aliphatic rings. The quantitative estimate of drug-likeness (QED) is 0.214. The highest BCUT2D eigenvalue weighted by Crippen LogP contribution is 2.37. The maximum absolute atomic E-state index is 13.4. The van der Waals surface area contributed by atoms with E-state index < -0.39 is 5.25 Å². The van der Waals surface area contributed by atoms with E-state index in [0.29, 0.717) is 33.5 Å². The van der Waals surface area contributed by atoms with Gasteiger partial charge in [-0.25, -0.2) is 0 Å². The molecule has 194 valence electrons. The molecule has 38 heavy (non-hydrogen) atoms. The van der Waals surface area contributed by atoms with Crippen LogP contribution in [-0.2, 0) is 4.79 Å². The molecule has 8 heteroatoms. The third-order valence-corrected chi connectivity index (χ3v) is 7.43. The molecule has 2 N–H and O–H groups in total. The number of nitrogens with one attached hydrogen (secondary N) is 2. The van der Waals surface area contributed by atoms with Gasteiger partial charge < -0.3 is 20.1 Å². The molecule has 0 fully saturated rings. The zero-order valence-electron chi connectivity index (χ0n) is 21.2. The first-order valence-corrected chi connectivity index (χ1v) is 13.1. The van der Waals surface area contributed by atoms with E-state index in [4.69, 9.17) is 21.1 Å². The molecule has 4 aromatic carbocycles. The summed E-state index contributed by atoms with van der Waals surface area (Å²) in [6, 6.07) is 27.4. The van der Waals surface area contributed by atoms with Gasteiger partial charge in [-0.05, 0) is 66.6 Å². The SMILES string of the molecule is COc1ccc(C(=O)Nc2cccc(SC(C(=O)Nc3ccc(C)c(Cl)c3)c3ccccc3)c2)cc1OC. The summed E-state index contributed by atoms with van der Waals surface area (Å²) >= 11 is 7.65. The van der Waals surface area contributed by atoms with Gasteiger partial charge in [-0.2, -0.15) is 0 Å². The number of amides is 2. The average Bonchev–Trinajstić information content (AvgIpc) is 2.94. The number of aryl methyl sites for hydroxylation is 1. The highest BCUT2D eigenvalue weighted by Gasteiger charge is 2.23. The monoisotopic (exact) mass is 546 g/mol. The molecule has 1 unspecified atom stereocenters. The first kappa shape index (κ1) is 27.1. The van der Waals surface area contributed by atoms with Crippen LogP contribution in [-0.4, -0.2) is 26.0 Å². The molecular weight excluding hydrogens is 520 g/mol. The number of rotatable bonds is 9. The van der Waals surface area contributed by atoms with Crippen LogP contribution < -0.4 is 20.1 Å². The van der Waals surface area contributed by atoms with Gasteiger partial charge in [0.1, 0.15) is 5.25 Å². The van der Waals surface area contributed by atoms with E-state index in [9.17, 15) is 9.59 Å². The Labute approximate surface area is 231 Å². The second-order valence-corrected chi connectivity index (χ2v) is 10.00. The first-order valence-electron chi connectivity index (χ1n) is 11.8. The minimum atomic E-state index is -0.534. The van der Waals surface area contributed by atoms with E-state index in [0.717, 1.165) is 16.0 Å². The summed E-state index contributed by atoms with van der Waals surface area (Å²) in [5.41, 5.74) is 3.45. The summed E-state index contributed by atoms with van der Waals surface area (Å²) in [6.07, 6.45) is 0. The third kappa shape index (κ3) is 6.68. The summed E-state index contributed by atoms with van der Waals surface area (Å²) in [7, 11) is 3.06. The molecule has 4 aromatic rings. The largest absolute Gasteiger partial charge is 0.493 e. The molecule has 2 amide bonds. The van der Waals surface area contributed by atoms with Crippen LogP contribution in [0.15, 0.2) is 95.9 Å². The number of halogens is 1. The number of thioether (sulfide) groups is 1. The Morgan fingerprint density at radius 1 is 0.789 bits per heavy atom. The second-order valence-electron chi connectivity index (χ2n) is 8.41. The maximum atomic E-state index is 13.4. The smallest absolute Gasteiger partial charge is 0.255 e. The normalized spacial score (nSPS) is 11.4. The maximum Gasteiger partial charge on any atom is 0.255 e. The Morgan fingerprint density at radius 2 is 1.53 bits per heavy atom. The van der Waals surface area contributed by atoms with Crippen molar-refractivity contribution in [3.8, 4) is 11.5 Å². The van der Waals surface area contributed by atoms with Gasteiger partial charge in [0.25, 0.3) is 5.91 Å². The van der Waals surface area contributed by atoms with Gasteiger partial charge in [-0.15, -0.1) is 11.8 Å². The van der Waals surface area contributed by atoms with E-state index in [2.05, 4.69) is 10.6 Å². The van der Waals surface area contributed by atoms with Crippen molar-refractivity contribution in [1.82, 2.24) is 0 Å². The molecule has 0 radical (unpaired) electrons. The summed E-state index contributed by atoms with van der Waals surface area (Å²) in [5.74, 6) is 0.541. The van der Waals surface area contributed by atoms with Gasteiger partial charge in [0.15, 0.2) is 11.5 Å². The molecule has 0 heterocycles. The van der Waals surface area contributed by atoms with Crippen molar-refractivity contribution in [3.63, 3.8) is 0 Å². The zero-order valence-corrected chi connectivity index (χ0v) is 22.7. The number of carbonyl (C=O) groups is 2. The van der Waals surface area contributed by atoms with Crippen molar-refractivity contribution in [2.45, 2.75) is 17.1 Å². The van der Waals surface area contributed by atoms with Crippen LogP contribution >= 0.6 is 23.4 Å². The third-order valence-electron chi connectivity index (χ3n) is 5.77. The van der Waals surface area contributed by atoms with Gasteiger partial charge in [-0.3, -0.25) is 9.59 Å². The van der Waals surface area contributed by atoms with Gasteiger partial charge in [-0.1, -0.05) is 54.1 Å². The number of benzene rings is 4. The van der Waals surface area contributed by atoms with Gasteiger partial charge in [0.05, 0.1) is 14.2 Å². The first-order chi connectivity index (χ1) is 18.4.